The van der Waals surface area contributed by atoms with Crippen molar-refractivity contribution in [2.75, 3.05) is 26.3 Å². The highest BCUT2D eigenvalue weighted by Gasteiger charge is 2.24. The zero-order chi connectivity index (χ0) is 30.2. The van der Waals surface area contributed by atoms with Crippen LogP contribution in [0, 0.1) is 13.8 Å². The largest absolute Gasteiger partial charge is 0.446 e. The van der Waals surface area contributed by atoms with Crippen molar-refractivity contribution in [3.8, 4) is 0 Å². The molecule has 226 valence electrons. The summed E-state index contributed by atoms with van der Waals surface area (Å²) >= 11 is 0. The molecule has 0 radical (unpaired) electrons. The number of hydrogen-bond donors (Lipinski definition) is 4. The Kier molecular flexibility index (Phi) is 9.93. The van der Waals surface area contributed by atoms with Gasteiger partial charge in [-0.25, -0.2) is 19.2 Å². The van der Waals surface area contributed by atoms with Crippen molar-refractivity contribution in [1.82, 2.24) is 29.7 Å². The van der Waals surface area contributed by atoms with Gasteiger partial charge in [0.15, 0.2) is 12.5 Å². The first-order valence-corrected chi connectivity index (χ1v) is 13.2. The Morgan fingerprint density at radius 1 is 0.738 bits per heavy atom. The highest BCUT2D eigenvalue weighted by atomic mass is 16.6. The zero-order valence-corrected chi connectivity index (χ0v) is 23.0. The van der Waals surface area contributed by atoms with Crippen molar-refractivity contribution in [2.24, 2.45) is 0 Å². The van der Waals surface area contributed by atoms with Crippen molar-refractivity contribution >= 4 is 12.2 Å². The molecule has 2 aromatic heterocycles. The van der Waals surface area contributed by atoms with Crippen molar-refractivity contribution in [1.29, 1.82) is 0 Å². The molecule has 0 fully saturated rings. The molecule has 2 aromatic rings. The lowest BCUT2D eigenvalue weighted by Gasteiger charge is -2.16. The van der Waals surface area contributed by atoms with E-state index in [9.17, 15) is 28.8 Å². The number of rotatable bonds is 11. The van der Waals surface area contributed by atoms with Crippen LogP contribution in [0.3, 0.4) is 0 Å². The van der Waals surface area contributed by atoms with Crippen LogP contribution in [0.4, 0.5) is 9.59 Å². The summed E-state index contributed by atoms with van der Waals surface area (Å²) in [7, 11) is 0. The molecular formula is C26H32N6O10. The number of nitrogens with zero attached hydrogens (tertiary/aromatic N) is 2. The molecule has 0 spiro atoms. The molecule has 0 aromatic carbocycles. The second-order valence-corrected chi connectivity index (χ2v) is 9.61. The number of nitrogens with one attached hydrogen (secondary N) is 4. The van der Waals surface area contributed by atoms with E-state index < -0.39 is 59.3 Å². The average Bonchev–Trinajstić information content (AvgIpc) is 3.62. The van der Waals surface area contributed by atoms with Crippen molar-refractivity contribution in [3.63, 3.8) is 0 Å². The van der Waals surface area contributed by atoms with Crippen LogP contribution in [0.15, 0.2) is 55.9 Å². The molecule has 0 unspecified atom stereocenters. The summed E-state index contributed by atoms with van der Waals surface area (Å²) < 4.78 is 24.1. The van der Waals surface area contributed by atoms with Gasteiger partial charge >= 0.3 is 23.6 Å². The van der Waals surface area contributed by atoms with Gasteiger partial charge in [-0.1, -0.05) is 12.2 Å². The summed E-state index contributed by atoms with van der Waals surface area (Å²) in [6.45, 7) is 3.65. The number of aryl methyl sites for hydroxylation is 2. The van der Waals surface area contributed by atoms with Crippen molar-refractivity contribution < 1.29 is 28.5 Å². The third-order valence-corrected chi connectivity index (χ3v) is 6.35. The number of ether oxygens (including phenoxy) is 4. The lowest BCUT2D eigenvalue weighted by molar-refractivity contribution is -0.0150. The first-order valence-electron chi connectivity index (χ1n) is 13.2. The number of unbranched alkanes of at least 4 members (excludes halogenated alkanes) is 1. The molecular weight excluding hydrogens is 556 g/mol. The number of alkyl carbamates (subject to hydrolysis) is 2. The summed E-state index contributed by atoms with van der Waals surface area (Å²) in [5.41, 5.74) is -1.41. The molecule has 2 aliphatic heterocycles. The molecule has 2 amide bonds. The van der Waals surface area contributed by atoms with Gasteiger partial charge in [-0.3, -0.25) is 28.7 Å². The van der Waals surface area contributed by atoms with E-state index in [-0.39, 0.29) is 13.2 Å². The fourth-order valence-electron chi connectivity index (χ4n) is 4.08. The first kappa shape index (κ1) is 30.3. The summed E-state index contributed by atoms with van der Waals surface area (Å²) in [6.07, 6.45) is 6.71. The Bertz CT molecular complexity index is 1470. The van der Waals surface area contributed by atoms with Crippen LogP contribution >= 0.6 is 0 Å². The van der Waals surface area contributed by atoms with Gasteiger partial charge in [0.1, 0.15) is 25.4 Å². The molecule has 0 aliphatic carbocycles. The quantitative estimate of drug-likeness (QED) is 0.202. The van der Waals surface area contributed by atoms with E-state index in [1.54, 1.807) is 38.2 Å². The van der Waals surface area contributed by atoms with E-state index in [1.807, 2.05) is 0 Å². The minimum absolute atomic E-state index is 0.0643. The summed E-state index contributed by atoms with van der Waals surface area (Å²) in [5, 5.41) is 5.21. The number of aromatic nitrogens is 4. The Balaban J connectivity index is 1.03. The molecule has 4 rings (SSSR count). The predicted octanol–water partition coefficient (Wildman–Crippen LogP) is -0.157. The van der Waals surface area contributed by atoms with E-state index in [1.165, 1.54) is 21.5 Å². The van der Waals surface area contributed by atoms with Gasteiger partial charge in [0.2, 0.25) is 0 Å². The van der Waals surface area contributed by atoms with Gasteiger partial charge in [-0.15, -0.1) is 0 Å². The number of carbonyl (C=O) groups is 2. The molecule has 42 heavy (non-hydrogen) atoms. The Hall–Kier alpha value is -4.70. The zero-order valence-electron chi connectivity index (χ0n) is 23.0. The molecule has 4 N–H and O–H groups in total. The SMILES string of the molecule is Cc1cn([C@@H]2C=C[C@H](COC(=O)NCCCCNC(=O)OC[C@@H]3C=C[C@H](n4cc(C)c(=O)[nH]c4=O)O3)O2)c(=O)[nH]c1=O. The van der Waals surface area contributed by atoms with Crippen LogP contribution in [0.1, 0.15) is 36.4 Å². The molecule has 0 saturated heterocycles. The van der Waals surface area contributed by atoms with E-state index in [0.29, 0.717) is 37.1 Å². The number of carbonyl (C=O) groups excluding carboxylic acids is 2. The standard InChI is InChI=1S/C26H32N6O10/c1-15-11-31(23(35)29-21(15)33)19-7-5-17(41-19)13-39-25(37)27-9-3-4-10-28-26(38)40-14-18-6-8-20(42-18)32-12-16(2)22(34)30-24(32)36/h5-8,11-12,17-20H,3-4,9-10,13-14H2,1-2H3,(H,27,37)(H,28,38)(H,29,33,35)(H,30,34,36)/t17-,18+,19+,20-. The number of amides is 2. The summed E-state index contributed by atoms with van der Waals surface area (Å²) in [5.74, 6) is 0. The molecule has 4 heterocycles. The monoisotopic (exact) mass is 588 g/mol. The van der Waals surface area contributed by atoms with Crippen LogP contribution in [-0.4, -0.2) is 69.8 Å². The van der Waals surface area contributed by atoms with E-state index >= 15 is 0 Å². The maximum atomic E-state index is 12.0. The maximum absolute atomic E-state index is 12.0. The molecule has 0 saturated carbocycles. The van der Waals surface area contributed by atoms with Crippen LogP contribution in [-0.2, 0) is 18.9 Å². The van der Waals surface area contributed by atoms with Gasteiger partial charge < -0.3 is 29.6 Å². The third kappa shape index (κ3) is 7.94. The van der Waals surface area contributed by atoms with Gasteiger partial charge in [-0.05, 0) is 38.8 Å². The van der Waals surface area contributed by atoms with Crippen LogP contribution in [0.5, 0.6) is 0 Å². The molecule has 2 aliphatic rings. The van der Waals surface area contributed by atoms with Gasteiger partial charge in [0.05, 0.1) is 0 Å². The topological polar surface area (TPSA) is 205 Å². The van der Waals surface area contributed by atoms with E-state index in [4.69, 9.17) is 18.9 Å². The highest BCUT2D eigenvalue weighted by molar-refractivity contribution is 5.67. The third-order valence-electron chi connectivity index (χ3n) is 6.35. The van der Waals surface area contributed by atoms with Gasteiger partial charge in [-0.2, -0.15) is 0 Å². The summed E-state index contributed by atoms with van der Waals surface area (Å²) in [6, 6.07) is 0. The van der Waals surface area contributed by atoms with Crippen LogP contribution in [0.2, 0.25) is 0 Å². The second-order valence-electron chi connectivity index (χ2n) is 9.61. The predicted molar refractivity (Wildman–Crippen MR) is 146 cm³/mol. The van der Waals surface area contributed by atoms with Crippen LogP contribution < -0.4 is 33.1 Å². The normalized spacial score (nSPS) is 20.9. The van der Waals surface area contributed by atoms with E-state index in [2.05, 4.69) is 20.6 Å². The summed E-state index contributed by atoms with van der Waals surface area (Å²) in [4.78, 5) is 75.4. The molecule has 0 bridgehead atoms. The van der Waals surface area contributed by atoms with Crippen molar-refractivity contribution in [3.05, 3.63) is 89.5 Å². The van der Waals surface area contributed by atoms with Gasteiger partial charge in [0, 0.05) is 36.6 Å². The number of aromatic amines is 2. The Morgan fingerprint density at radius 2 is 1.14 bits per heavy atom. The Labute approximate surface area is 237 Å². The smallest absolute Gasteiger partial charge is 0.407 e. The lowest BCUT2D eigenvalue weighted by atomic mass is 10.3. The minimum atomic E-state index is -0.722. The minimum Gasteiger partial charge on any atom is -0.446 e. The maximum Gasteiger partial charge on any atom is 0.407 e. The average molecular weight is 589 g/mol. The molecule has 16 nitrogen and oxygen atoms in total. The highest BCUT2D eigenvalue weighted by Crippen LogP contribution is 2.20. The van der Waals surface area contributed by atoms with E-state index in [0.717, 1.165) is 0 Å². The fraction of sp³-hybridized carbons (Fsp3) is 0.462. The number of hydrogen-bond acceptors (Lipinski definition) is 10. The fourth-order valence-corrected chi connectivity index (χ4v) is 4.08. The molecule has 4 atom stereocenters. The first-order chi connectivity index (χ1) is 20.1. The number of H-pyrrole nitrogens is 2. The van der Waals surface area contributed by atoms with Crippen LogP contribution in [0.25, 0.3) is 0 Å². The molecule has 16 heteroatoms. The lowest BCUT2D eigenvalue weighted by Crippen LogP contribution is -2.34. The second kappa shape index (κ2) is 13.8. The Morgan fingerprint density at radius 3 is 1.55 bits per heavy atom. The van der Waals surface area contributed by atoms with Crippen molar-refractivity contribution in [2.45, 2.75) is 51.4 Å². The van der Waals surface area contributed by atoms with Gasteiger partial charge in [0.25, 0.3) is 11.1 Å².